The molecule has 0 saturated carbocycles. The number of rotatable bonds is 6. The van der Waals surface area contributed by atoms with E-state index in [1.54, 1.807) is 6.07 Å². The van der Waals surface area contributed by atoms with Crippen molar-refractivity contribution >= 4 is 5.69 Å². The largest absolute Gasteiger partial charge is 0.508 e. The first kappa shape index (κ1) is 22.7. The van der Waals surface area contributed by atoms with E-state index in [0.717, 1.165) is 49.4 Å². The van der Waals surface area contributed by atoms with Gasteiger partial charge in [-0.05, 0) is 91.9 Å². The van der Waals surface area contributed by atoms with Gasteiger partial charge in [0.15, 0.2) is 0 Å². The topological polar surface area (TPSA) is 44.7 Å². The highest BCUT2D eigenvalue weighted by molar-refractivity contribution is 5.54. The van der Waals surface area contributed by atoms with Crippen molar-refractivity contribution in [1.82, 2.24) is 5.32 Å². The number of halogens is 1. The zero-order chi connectivity index (χ0) is 23.5. The van der Waals surface area contributed by atoms with Crippen molar-refractivity contribution in [1.29, 1.82) is 0 Å². The van der Waals surface area contributed by atoms with E-state index in [1.165, 1.54) is 36.1 Å². The van der Waals surface area contributed by atoms with E-state index in [9.17, 15) is 9.50 Å². The van der Waals surface area contributed by atoms with Gasteiger partial charge in [0.1, 0.15) is 23.4 Å². The molecule has 1 saturated heterocycles. The van der Waals surface area contributed by atoms with Crippen LogP contribution in [0.25, 0.3) is 0 Å². The summed E-state index contributed by atoms with van der Waals surface area (Å²) in [5, 5.41) is 13.7. The van der Waals surface area contributed by atoms with Gasteiger partial charge in [0.05, 0.1) is 6.04 Å². The molecule has 0 spiro atoms. The van der Waals surface area contributed by atoms with Crippen LogP contribution in [-0.2, 0) is 12.8 Å². The molecule has 0 radical (unpaired) electrons. The standard InChI is InChI=1S/C29H33FN2O2/c1-20(27-7-4-5-16-31-27)34-29-8-3-2-6-22(29)19-28-26-14-13-25(33)18-21(26)15-17-32(28)24-11-9-23(30)10-12-24/h2-3,6,8-14,18,20,27-28,31,33H,4-5,7,15-17,19H2,1H3. The van der Waals surface area contributed by atoms with E-state index in [4.69, 9.17) is 4.74 Å². The monoisotopic (exact) mass is 460 g/mol. The van der Waals surface area contributed by atoms with Gasteiger partial charge in [0.2, 0.25) is 0 Å². The fourth-order valence-electron chi connectivity index (χ4n) is 5.42. The number of para-hydroxylation sites is 1. The highest BCUT2D eigenvalue weighted by Crippen LogP contribution is 2.39. The molecule has 3 aromatic rings. The van der Waals surface area contributed by atoms with Gasteiger partial charge in [-0.25, -0.2) is 4.39 Å². The minimum Gasteiger partial charge on any atom is -0.508 e. The van der Waals surface area contributed by atoms with Crippen LogP contribution in [0.3, 0.4) is 0 Å². The Balaban J connectivity index is 1.45. The van der Waals surface area contributed by atoms with E-state index in [-0.39, 0.29) is 18.0 Å². The number of piperidine rings is 1. The molecule has 0 bridgehead atoms. The molecule has 2 aliphatic rings. The fourth-order valence-corrected chi connectivity index (χ4v) is 5.42. The lowest BCUT2D eigenvalue weighted by atomic mass is 9.87. The van der Waals surface area contributed by atoms with Crippen LogP contribution < -0.4 is 15.0 Å². The summed E-state index contributed by atoms with van der Waals surface area (Å²) >= 11 is 0. The first-order chi connectivity index (χ1) is 16.6. The number of ether oxygens (including phenoxy) is 1. The Morgan fingerprint density at radius 1 is 1.09 bits per heavy atom. The van der Waals surface area contributed by atoms with Gasteiger partial charge in [-0.1, -0.05) is 30.7 Å². The van der Waals surface area contributed by atoms with Gasteiger partial charge < -0.3 is 20.1 Å². The van der Waals surface area contributed by atoms with E-state index < -0.39 is 0 Å². The molecular formula is C29H33FN2O2. The van der Waals surface area contributed by atoms with Crippen molar-refractivity contribution in [2.75, 3.05) is 18.0 Å². The van der Waals surface area contributed by atoms with E-state index in [0.29, 0.717) is 11.8 Å². The minimum atomic E-state index is -0.230. The maximum Gasteiger partial charge on any atom is 0.123 e. The number of phenolic OH excluding ortho intramolecular Hbond substituents is 1. The van der Waals surface area contributed by atoms with Crippen molar-refractivity contribution in [2.45, 2.75) is 57.2 Å². The van der Waals surface area contributed by atoms with Crippen LogP contribution in [0.1, 0.15) is 48.9 Å². The number of aromatic hydroxyl groups is 1. The third-order valence-electron chi connectivity index (χ3n) is 7.26. The van der Waals surface area contributed by atoms with Crippen LogP contribution in [0.5, 0.6) is 11.5 Å². The molecule has 178 valence electrons. The average molecular weight is 461 g/mol. The maximum atomic E-state index is 13.6. The van der Waals surface area contributed by atoms with Crippen molar-refractivity contribution in [3.63, 3.8) is 0 Å². The van der Waals surface area contributed by atoms with Gasteiger partial charge in [-0.15, -0.1) is 0 Å². The Hall–Kier alpha value is -3.05. The van der Waals surface area contributed by atoms with Crippen molar-refractivity contribution < 1.29 is 14.2 Å². The highest BCUT2D eigenvalue weighted by atomic mass is 19.1. The molecule has 5 heteroatoms. The Morgan fingerprint density at radius 2 is 1.91 bits per heavy atom. The summed E-state index contributed by atoms with van der Waals surface area (Å²) in [7, 11) is 0. The smallest absolute Gasteiger partial charge is 0.123 e. The van der Waals surface area contributed by atoms with Gasteiger partial charge in [-0.3, -0.25) is 0 Å². The summed E-state index contributed by atoms with van der Waals surface area (Å²) in [5.41, 5.74) is 4.53. The molecule has 2 aliphatic heterocycles. The SMILES string of the molecule is CC(Oc1ccccc1CC1c2ccc(O)cc2CCN1c1ccc(F)cc1)C1CCCCN1. The predicted octanol–water partition coefficient (Wildman–Crippen LogP) is 5.79. The number of phenols is 1. The van der Waals surface area contributed by atoms with Crippen LogP contribution in [0.15, 0.2) is 66.7 Å². The first-order valence-electron chi connectivity index (χ1n) is 12.4. The molecule has 5 rings (SSSR count). The minimum absolute atomic E-state index is 0.0580. The molecule has 2 N–H and O–H groups in total. The van der Waals surface area contributed by atoms with E-state index in [1.807, 2.05) is 30.3 Å². The Morgan fingerprint density at radius 3 is 2.71 bits per heavy atom. The number of hydrogen-bond donors (Lipinski definition) is 2. The van der Waals surface area contributed by atoms with Gasteiger partial charge >= 0.3 is 0 Å². The third-order valence-corrected chi connectivity index (χ3v) is 7.26. The van der Waals surface area contributed by atoms with Crippen LogP contribution in [0.2, 0.25) is 0 Å². The third kappa shape index (κ3) is 4.90. The van der Waals surface area contributed by atoms with Crippen LogP contribution >= 0.6 is 0 Å². The summed E-state index contributed by atoms with van der Waals surface area (Å²) in [6.45, 7) is 4.01. The molecule has 0 aromatic heterocycles. The predicted molar refractivity (Wildman–Crippen MR) is 134 cm³/mol. The first-order valence-corrected chi connectivity index (χ1v) is 12.4. The molecule has 4 nitrogen and oxygen atoms in total. The zero-order valence-corrected chi connectivity index (χ0v) is 19.7. The van der Waals surface area contributed by atoms with Crippen LogP contribution in [0, 0.1) is 5.82 Å². The van der Waals surface area contributed by atoms with E-state index >= 15 is 0 Å². The Labute approximate surface area is 201 Å². The van der Waals surface area contributed by atoms with Crippen molar-refractivity contribution in [2.24, 2.45) is 0 Å². The number of hydrogen-bond acceptors (Lipinski definition) is 4. The van der Waals surface area contributed by atoms with Gasteiger partial charge in [0, 0.05) is 24.7 Å². The molecule has 3 aromatic carbocycles. The molecular weight excluding hydrogens is 427 g/mol. The zero-order valence-electron chi connectivity index (χ0n) is 19.7. The van der Waals surface area contributed by atoms with E-state index in [2.05, 4.69) is 35.3 Å². The molecule has 2 heterocycles. The Kier molecular flexibility index (Phi) is 6.73. The lowest BCUT2D eigenvalue weighted by molar-refractivity contribution is 0.151. The molecule has 3 unspecified atom stereocenters. The normalized spacial score (nSPS) is 21.1. The highest BCUT2D eigenvalue weighted by Gasteiger charge is 2.29. The summed E-state index contributed by atoms with van der Waals surface area (Å²) in [6, 6.07) is 21.2. The molecule has 0 aliphatic carbocycles. The van der Waals surface area contributed by atoms with Gasteiger partial charge in [-0.2, -0.15) is 0 Å². The second-order valence-corrected chi connectivity index (χ2v) is 9.51. The Bertz CT molecular complexity index is 1110. The number of benzene rings is 3. The average Bonchev–Trinajstić information content (AvgIpc) is 2.86. The number of fused-ring (bicyclic) bond motifs is 1. The molecule has 3 atom stereocenters. The summed E-state index contributed by atoms with van der Waals surface area (Å²) < 4.78 is 20.2. The summed E-state index contributed by atoms with van der Waals surface area (Å²) in [6.07, 6.45) is 5.30. The quantitative estimate of drug-likeness (QED) is 0.489. The summed E-state index contributed by atoms with van der Waals surface area (Å²) in [5.74, 6) is 0.990. The molecule has 34 heavy (non-hydrogen) atoms. The molecule has 0 amide bonds. The summed E-state index contributed by atoms with van der Waals surface area (Å²) in [4.78, 5) is 2.35. The van der Waals surface area contributed by atoms with Crippen molar-refractivity contribution in [3.8, 4) is 11.5 Å². The van der Waals surface area contributed by atoms with Crippen LogP contribution in [-0.4, -0.2) is 30.3 Å². The lowest BCUT2D eigenvalue weighted by Gasteiger charge is -2.39. The lowest BCUT2D eigenvalue weighted by Crippen LogP contribution is -2.44. The number of nitrogens with zero attached hydrogens (tertiary/aromatic N) is 1. The second-order valence-electron chi connectivity index (χ2n) is 9.51. The molecule has 1 fully saturated rings. The number of anilines is 1. The number of nitrogens with one attached hydrogen (secondary N) is 1. The maximum absolute atomic E-state index is 13.6. The van der Waals surface area contributed by atoms with Gasteiger partial charge in [0.25, 0.3) is 0 Å². The second kappa shape index (κ2) is 10.1. The van der Waals surface area contributed by atoms with Crippen molar-refractivity contribution in [3.05, 3.63) is 89.2 Å². The fraction of sp³-hybridized carbons (Fsp3) is 0.379. The van der Waals surface area contributed by atoms with Crippen LogP contribution in [0.4, 0.5) is 10.1 Å².